The molecule has 0 aromatic heterocycles. The zero-order valence-corrected chi connectivity index (χ0v) is 4.94. The number of nitrogens with one attached hydrogen (secondary N) is 1. The zero-order chi connectivity index (χ0) is 5.70. The Morgan fingerprint density at radius 3 is 2.29 bits per heavy atom. The SMILES string of the molecule is CCNC(O)CC. The molecule has 0 fully saturated rings. The maximum atomic E-state index is 8.75. The number of aliphatic hydroxyl groups excluding tert-OH is 1. The minimum absolute atomic E-state index is 0.301. The van der Waals surface area contributed by atoms with Crippen LogP contribution >= 0.6 is 0 Å². The lowest BCUT2D eigenvalue weighted by molar-refractivity contribution is 0.135. The average molecular weight is 103 g/mol. The second-order valence-electron chi connectivity index (χ2n) is 1.48. The van der Waals surface area contributed by atoms with Gasteiger partial charge in [0.05, 0.1) is 0 Å². The molecule has 7 heavy (non-hydrogen) atoms. The second-order valence-corrected chi connectivity index (χ2v) is 1.48. The highest BCUT2D eigenvalue weighted by Crippen LogP contribution is 1.80. The van der Waals surface area contributed by atoms with E-state index < -0.39 is 0 Å². The molecule has 0 aromatic carbocycles. The van der Waals surface area contributed by atoms with Gasteiger partial charge in [0.25, 0.3) is 0 Å². The van der Waals surface area contributed by atoms with Crippen LogP contribution in [0.25, 0.3) is 0 Å². The Bertz CT molecular complexity index is 39.1. The fraction of sp³-hybridized carbons (Fsp3) is 1.00. The number of aliphatic hydroxyl groups is 1. The summed E-state index contributed by atoms with van der Waals surface area (Å²) in [4.78, 5) is 0. The summed E-state index contributed by atoms with van der Waals surface area (Å²) in [6.45, 7) is 4.75. The van der Waals surface area contributed by atoms with E-state index in [4.69, 9.17) is 5.11 Å². The Morgan fingerprint density at radius 2 is 2.14 bits per heavy atom. The summed E-state index contributed by atoms with van der Waals surface area (Å²) in [5.74, 6) is 0. The van der Waals surface area contributed by atoms with Crippen molar-refractivity contribution in [3.05, 3.63) is 0 Å². The summed E-state index contributed by atoms with van der Waals surface area (Å²) in [6, 6.07) is 0. The molecule has 44 valence electrons. The number of rotatable bonds is 3. The molecule has 1 atom stereocenters. The summed E-state index contributed by atoms with van der Waals surface area (Å²) in [5, 5.41) is 11.6. The Balaban J connectivity index is 2.83. The van der Waals surface area contributed by atoms with Crippen LogP contribution in [0.3, 0.4) is 0 Å². The topological polar surface area (TPSA) is 32.3 Å². The van der Waals surface area contributed by atoms with Crippen molar-refractivity contribution in [2.75, 3.05) is 6.54 Å². The Morgan fingerprint density at radius 1 is 1.57 bits per heavy atom. The van der Waals surface area contributed by atoms with Crippen LogP contribution in [0.4, 0.5) is 0 Å². The molecular formula is C5H13NO. The van der Waals surface area contributed by atoms with E-state index in [-0.39, 0.29) is 6.23 Å². The molecule has 2 heteroatoms. The third-order valence-corrected chi connectivity index (χ3v) is 0.826. The lowest BCUT2D eigenvalue weighted by atomic mass is 10.4. The first kappa shape index (κ1) is 6.92. The molecule has 0 bridgehead atoms. The predicted molar refractivity (Wildman–Crippen MR) is 30.0 cm³/mol. The minimum Gasteiger partial charge on any atom is -0.379 e. The lowest BCUT2D eigenvalue weighted by Gasteiger charge is -2.05. The molecule has 0 aliphatic heterocycles. The highest BCUT2D eigenvalue weighted by atomic mass is 16.3. The first-order valence-corrected chi connectivity index (χ1v) is 2.72. The van der Waals surface area contributed by atoms with Gasteiger partial charge in [-0.15, -0.1) is 0 Å². The van der Waals surface area contributed by atoms with Gasteiger partial charge in [-0.05, 0) is 13.0 Å². The maximum Gasteiger partial charge on any atom is 0.104 e. The molecule has 0 aromatic rings. The highest BCUT2D eigenvalue weighted by Gasteiger charge is 1.92. The third-order valence-electron chi connectivity index (χ3n) is 0.826. The molecule has 2 N–H and O–H groups in total. The van der Waals surface area contributed by atoms with Crippen LogP contribution in [0, 0.1) is 0 Å². The van der Waals surface area contributed by atoms with Crippen molar-refractivity contribution < 1.29 is 5.11 Å². The summed E-state index contributed by atoms with van der Waals surface area (Å²) < 4.78 is 0. The van der Waals surface area contributed by atoms with Crippen LogP contribution < -0.4 is 5.32 Å². The van der Waals surface area contributed by atoms with Crippen LogP contribution in [-0.4, -0.2) is 17.9 Å². The van der Waals surface area contributed by atoms with Crippen molar-refractivity contribution in [2.45, 2.75) is 26.5 Å². The van der Waals surface area contributed by atoms with Crippen molar-refractivity contribution in [3.63, 3.8) is 0 Å². The molecule has 0 rings (SSSR count). The second kappa shape index (κ2) is 4.09. The molecule has 0 heterocycles. The van der Waals surface area contributed by atoms with Gasteiger partial charge in [0, 0.05) is 0 Å². The Hall–Kier alpha value is -0.0800. The molecule has 0 aliphatic rings. The standard InChI is InChI=1S/C5H13NO/c1-3-5(7)6-4-2/h5-7H,3-4H2,1-2H3. The van der Waals surface area contributed by atoms with E-state index in [1.54, 1.807) is 0 Å². The lowest BCUT2D eigenvalue weighted by Crippen LogP contribution is -2.26. The molecule has 0 radical (unpaired) electrons. The van der Waals surface area contributed by atoms with Crippen molar-refractivity contribution in [2.24, 2.45) is 0 Å². The summed E-state index contributed by atoms with van der Waals surface area (Å²) in [7, 11) is 0. The van der Waals surface area contributed by atoms with Crippen LogP contribution in [-0.2, 0) is 0 Å². The molecule has 1 unspecified atom stereocenters. The van der Waals surface area contributed by atoms with E-state index in [1.165, 1.54) is 0 Å². The van der Waals surface area contributed by atoms with E-state index in [2.05, 4.69) is 5.32 Å². The number of hydrogen-bond donors (Lipinski definition) is 2. The largest absolute Gasteiger partial charge is 0.379 e. The van der Waals surface area contributed by atoms with Gasteiger partial charge < -0.3 is 5.11 Å². The van der Waals surface area contributed by atoms with Crippen LogP contribution in [0.15, 0.2) is 0 Å². The first-order valence-electron chi connectivity index (χ1n) is 2.72. The molecule has 0 aliphatic carbocycles. The van der Waals surface area contributed by atoms with Crippen LogP contribution in [0.2, 0.25) is 0 Å². The average Bonchev–Trinajstić information content (AvgIpc) is 1.68. The molecule has 0 saturated heterocycles. The minimum atomic E-state index is -0.301. The Labute approximate surface area is 44.5 Å². The van der Waals surface area contributed by atoms with Gasteiger partial charge in [-0.25, -0.2) is 0 Å². The van der Waals surface area contributed by atoms with E-state index >= 15 is 0 Å². The Kier molecular flexibility index (Phi) is 4.04. The van der Waals surface area contributed by atoms with Gasteiger partial charge in [-0.1, -0.05) is 13.8 Å². The van der Waals surface area contributed by atoms with E-state index in [0.29, 0.717) is 0 Å². The third kappa shape index (κ3) is 3.76. The quantitative estimate of drug-likeness (QED) is 0.504. The molecule has 0 amide bonds. The van der Waals surface area contributed by atoms with E-state index in [0.717, 1.165) is 13.0 Å². The van der Waals surface area contributed by atoms with Crippen molar-refractivity contribution in [1.29, 1.82) is 0 Å². The normalized spacial score (nSPS) is 14.1. The number of hydrogen-bond acceptors (Lipinski definition) is 2. The summed E-state index contributed by atoms with van der Waals surface area (Å²) in [6.07, 6.45) is 0.485. The monoisotopic (exact) mass is 103 g/mol. The van der Waals surface area contributed by atoms with Gasteiger partial charge in [0.2, 0.25) is 0 Å². The van der Waals surface area contributed by atoms with Gasteiger partial charge in [-0.2, -0.15) is 0 Å². The predicted octanol–water partition coefficient (Wildman–Crippen LogP) is 0.324. The smallest absolute Gasteiger partial charge is 0.104 e. The molecule has 2 nitrogen and oxygen atoms in total. The van der Waals surface area contributed by atoms with Gasteiger partial charge in [0.15, 0.2) is 0 Å². The maximum absolute atomic E-state index is 8.75. The van der Waals surface area contributed by atoms with Gasteiger partial charge in [-0.3, -0.25) is 5.32 Å². The van der Waals surface area contributed by atoms with E-state index in [9.17, 15) is 0 Å². The summed E-state index contributed by atoms with van der Waals surface area (Å²) >= 11 is 0. The van der Waals surface area contributed by atoms with Crippen molar-refractivity contribution >= 4 is 0 Å². The summed E-state index contributed by atoms with van der Waals surface area (Å²) in [5.41, 5.74) is 0. The first-order chi connectivity index (χ1) is 3.31. The van der Waals surface area contributed by atoms with Crippen molar-refractivity contribution in [3.8, 4) is 0 Å². The van der Waals surface area contributed by atoms with Crippen molar-refractivity contribution in [1.82, 2.24) is 5.32 Å². The van der Waals surface area contributed by atoms with Gasteiger partial charge >= 0.3 is 0 Å². The van der Waals surface area contributed by atoms with E-state index in [1.807, 2.05) is 13.8 Å². The molecular weight excluding hydrogens is 90.1 g/mol. The fourth-order valence-electron chi connectivity index (χ4n) is 0.380. The molecule has 0 spiro atoms. The highest BCUT2D eigenvalue weighted by molar-refractivity contribution is 4.44. The van der Waals surface area contributed by atoms with Gasteiger partial charge in [0.1, 0.15) is 6.23 Å². The zero-order valence-electron chi connectivity index (χ0n) is 4.94. The van der Waals surface area contributed by atoms with Crippen LogP contribution in [0.1, 0.15) is 20.3 Å². The fourth-order valence-corrected chi connectivity index (χ4v) is 0.380. The molecule has 0 saturated carbocycles. The van der Waals surface area contributed by atoms with Crippen LogP contribution in [0.5, 0.6) is 0 Å².